The van der Waals surface area contributed by atoms with Crippen LogP contribution in [0.1, 0.15) is 10.4 Å². The van der Waals surface area contributed by atoms with E-state index in [1.807, 2.05) is 0 Å². The molecule has 1 rings (SSSR count). The Morgan fingerprint density at radius 2 is 1.62 bits per heavy atom. The number of aliphatic hydroxyl groups is 2. The van der Waals surface area contributed by atoms with E-state index in [0.717, 1.165) is 0 Å². The van der Waals surface area contributed by atoms with Crippen molar-refractivity contribution in [3.63, 3.8) is 0 Å². The molecule has 4 heteroatoms. The summed E-state index contributed by atoms with van der Waals surface area (Å²) < 4.78 is 12.1. The van der Waals surface area contributed by atoms with Crippen molar-refractivity contribution in [3.8, 4) is 0 Å². The second kappa shape index (κ2) is 7.39. The van der Waals surface area contributed by atoms with Crippen LogP contribution in [0.4, 0.5) is 4.39 Å². The van der Waals surface area contributed by atoms with E-state index in [0.29, 0.717) is 11.8 Å². The highest BCUT2D eigenvalue weighted by molar-refractivity contribution is 5.74. The van der Waals surface area contributed by atoms with Gasteiger partial charge in [0.05, 0.1) is 13.2 Å². The molecular formula is C9H11FO3. The number of carbonyl (C=O) groups is 1. The van der Waals surface area contributed by atoms with Gasteiger partial charge in [-0.25, -0.2) is 4.39 Å². The lowest BCUT2D eigenvalue weighted by Crippen LogP contribution is -1.85. The quantitative estimate of drug-likeness (QED) is 0.665. The Labute approximate surface area is 75.4 Å². The van der Waals surface area contributed by atoms with Crippen LogP contribution in [0.3, 0.4) is 0 Å². The molecular weight excluding hydrogens is 175 g/mol. The summed E-state index contributed by atoms with van der Waals surface area (Å²) in [6.07, 6.45) is 0.680. The minimum atomic E-state index is -0.319. The van der Waals surface area contributed by atoms with Gasteiger partial charge in [-0.1, -0.05) is 0 Å². The molecule has 0 fully saturated rings. The van der Waals surface area contributed by atoms with Gasteiger partial charge in [-0.05, 0) is 24.3 Å². The van der Waals surface area contributed by atoms with Crippen molar-refractivity contribution in [2.45, 2.75) is 0 Å². The fourth-order valence-corrected chi connectivity index (χ4v) is 0.541. The maximum Gasteiger partial charge on any atom is 0.150 e. The first-order valence-corrected chi connectivity index (χ1v) is 3.67. The van der Waals surface area contributed by atoms with Crippen LogP contribution in [0.15, 0.2) is 24.3 Å². The average molecular weight is 186 g/mol. The molecule has 0 aromatic heterocycles. The molecule has 0 unspecified atom stereocenters. The molecule has 0 atom stereocenters. The number of aliphatic hydroxyl groups excluding tert-OH is 2. The number of benzene rings is 1. The molecule has 13 heavy (non-hydrogen) atoms. The zero-order valence-corrected chi connectivity index (χ0v) is 6.98. The molecule has 0 aliphatic carbocycles. The molecule has 0 spiro atoms. The van der Waals surface area contributed by atoms with Crippen LogP contribution in [0.2, 0.25) is 0 Å². The predicted molar refractivity (Wildman–Crippen MR) is 46.0 cm³/mol. The topological polar surface area (TPSA) is 57.5 Å². The first-order valence-electron chi connectivity index (χ1n) is 3.67. The van der Waals surface area contributed by atoms with Gasteiger partial charge in [-0.2, -0.15) is 0 Å². The van der Waals surface area contributed by atoms with E-state index in [1.54, 1.807) is 0 Å². The van der Waals surface area contributed by atoms with Crippen molar-refractivity contribution in [1.82, 2.24) is 0 Å². The SMILES string of the molecule is O=Cc1ccc(F)cc1.OCCO. The van der Waals surface area contributed by atoms with E-state index in [4.69, 9.17) is 10.2 Å². The van der Waals surface area contributed by atoms with Crippen molar-refractivity contribution < 1.29 is 19.4 Å². The van der Waals surface area contributed by atoms with Gasteiger partial charge in [0.15, 0.2) is 0 Å². The van der Waals surface area contributed by atoms with Crippen LogP contribution in [0.25, 0.3) is 0 Å². The highest BCUT2D eigenvalue weighted by Gasteiger charge is 1.87. The van der Waals surface area contributed by atoms with Crippen LogP contribution in [-0.2, 0) is 0 Å². The maximum atomic E-state index is 12.1. The molecule has 0 aliphatic rings. The van der Waals surface area contributed by atoms with E-state index in [9.17, 15) is 9.18 Å². The summed E-state index contributed by atoms with van der Waals surface area (Å²) in [7, 11) is 0. The van der Waals surface area contributed by atoms with Crippen molar-refractivity contribution in [1.29, 1.82) is 0 Å². The largest absolute Gasteiger partial charge is 0.394 e. The normalized spacial score (nSPS) is 8.54. The highest BCUT2D eigenvalue weighted by Crippen LogP contribution is 1.98. The molecule has 0 aliphatic heterocycles. The van der Waals surface area contributed by atoms with Crippen LogP contribution in [0, 0.1) is 5.82 Å². The Bertz CT molecular complexity index is 231. The zero-order chi connectivity index (χ0) is 10.1. The van der Waals surface area contributed by atoms with Gasteiger partial charge >= 0.3 is 0 Å². The number of hydrogen-bond donors (Lipinski definition) is 2. The maximum absolute atomic E-state index is 12.1. The van der Waals surface area contributed by atoms with Crippen LogP contribution in [0.5, 0.6) is 0 Å². The lowest BCUT2D eigenvalue weighted by Gasteiger charge is -1.86. The summed E-state index contributed by atoms with van der Waals surface area (Å²) in [5, 5.41) is 15.2. The zero-order valence-electron chi connectivity index (χ0n) is 6.98. The van der Waals surface area contributed by atoms with Crippen molar-refractivity contribution in [2.75, 3.05) is 13.2 Å². The van der Waals surface area contributed by atoms with Gasteiger partial charge in [0.25, 0.3) is 0 Å². The van der Waals surface area contributed by atoms with Gasteiger partial charge < -0.3 is 10.2 Å². The van der Waals surface area contributed by atoms with Crippen molar-refractivity contribution in [2.24, 2.45) is 0 Å². The van der Waals surface area contributed by atoms with Crippen molar-refractivity contribution in [3.05, 3.63) is 35.6 Å². The van der Waals surface area contributed by atoms with Crippen LogP contribution in [-0.4, -0.2) is 29.7 Å². The van der Waals surface area contributed by atoms with Gasteiger partial charge in [0, 0.05) is 5.56 Å². The van der Waals surface area contributed by atoms with Gasteiger partial charge in [-0.3, -0.25) is 4.79 Å². The van der Waals surface area contributed by atoms with E-state index < -0.39 is 0 Å². The first-order chi connectivity index (χ1) is 6.24. The Morgan fingerprint density at radius 3 is 1.92 bits per heavy atom. The van der Waals surface area contributed by atoms with E-state index >= 15 is 0 Å². The Hall–Kier alpha value is -1.26. The smallest absolute Gasteiger partial charge is 0.150 e. The Kier molecular flexibility index (Phi) is 6.68. The molecule has 1 aromatic carbocycles. The summed E-state index contributed by atoms with van der Waals surface area (Å²) in [4.78, 5) is 10.00. The number of halogens is 1. The third-order valence-corrected chi connectivity index (χ3v) is 1.11. The fourth-order valence-electron chi connectivity index (χ4n) is 0.541. The minimum absolute atomic E-state index is 0.125. The molecule has 0 bridgehead atoms. The second-order valence-electron chi connectivity index (χ2n) is 2.12. The Morgan fingerprint density at radius 1 is 1.15 bits per heavy atom. The van der Waals surface area contributed by atoms with Gasteiger partial charge in [0.2, 0.25) is 0 Å². The summed E-state index contributed by atoms with van der Waals surface area (Å²) in [5.41, 5.74) is 0.497. The Balaban J connectivity index is 0.000000310. The third-order valence-electron chi connectivity index (χ3n) is 1.11. The molecule has 3 nitrogen and oxygen atoms in total. The lowest BCUT2D eigenvalue weighted by atomic mass is 10.2. The first kappa shape index (κ1) is 11.7. The molecule has 0 amide bonds. The molecule has 0 heterocycles. The van der Waals surface area contributed by atoms with E-state index in [2.05, 4.69) is 0 Å². The summed E-state index contributed by atoms with van der Waals surface area (Å²) >= 11 is 0. The standard InChI is InChI=1S/C7H5FO.C2H6O2/c8-7-3-1-6(5-9)2-4-7;3-1-2-4/h1-5H;3-4H,1-2H2. The number of rotatable bonds is 2. The van der Waals surface area contributed by atoms with E-state index in [1.165, 1.54) is 24.3 Å². The van der Waals surface area contributed by atoms with Crippen LogP contribution < -0.4 is 0 Å². The summed E-state index contributed by atoms with van der Waals surface area (Å²) in [6.45, 7) is -0.250. The monoisotopic (exact) mass is 186 g/mol. The number of carbonyl (C=O) groups excluding carboxylic acids is 1. The molecule has 0 saturated carbocycles. The molecule has 2 N–H and O–H groups in total. The second-order valence-corrected chi connectivity index (χ2v) is 2.12. The van der Waals surface area contributed by atoms with Gasteiger partial charge in [-0.15, -0.1) is 0 Å². The minimum Gasteiger partial charge on any atom is -0.394 e. The predicted octanol–water partition coefficient (Wildman–Crippen LogP) is 0.609. The summed E-state index contributed by atoms with van der Waals surface area (Å²) in [5.74, 6) is -0.319. The fraction of sp³-hybridized carbons (Fsp3) is 0.222. The summed E-state index contributed by atoms with van der Waals surface area (Å²) in [6, 6.07) is 5.37. The average Bonchev–Trinajstić information content (AvgIpc) is 2.19. The molecule has 0 radical (unpaired) electrons. The number of aldehydes is 1. The molecule has 72 valence electrons. The highest BCUT2D eigenvalue weighted by atomic mass is 19.1. The molecule has 0 saturated heterocycles. The molecule has 1 aromatic rings. The van der Waals surface area contributed by atoms with Crippen molar-refractivity contribution >= 4 is 6.29 Å². The van der Waals surface area contributed by atoms with Crippen LogP contribution >= 0.6 is 0 Å². The number of hydrogen-bond acceptors (Lipinski definition) is 3. The van der Waals surface area contributed by atoms with E-state index in [-0.39, 0.29) is 19.0 Å². The van der Waals surface area contributed by atoms with Gasteiger partial charge in [0.1, 0.15) is 12.1 Å². The lowest BCUT2D eigenvalue weighted by molar-refractivity contribution is 0.112. The third kappa shape index (κ3) is 5.95.